The van der Waals surface area contributed by atoms with E-state index in [1.54, 1.807) is 12.1 Å². The van der Waals surface area contributed by atoms with E-state index in [1.165, 1.54) is 25.0 Å². The van der Waals surface area contributed by atoms with E-state index in [-0.39, 0.29) is 18.0 Å². The van der Waals surface area contributed by atoms with E-state index < -0.39 is 0 Å². The van der Waals surface area contributed by atoms with Crippen LogP contribution in [0.4, 0.5) is 4.39 Å². The van der Waals surface area contributed by atoms with Crippen molar-refractivity contribution >= 4 is 0 Å². The van der Waals surface area contributed by atoms with Crippen molar-refractivity contribution in [1.82, 2.24) is 9.88 Å². The fourth-order valence-corrected chi connectivity index (χ4v) is 3.21. The molecule has 0 bridgehead atoms. The minimum absolute atomic E-state index is 0.0758. The number of rotatable bonds is 4. The Hall–Kier alpha value is -1.72. The highest BCUT2D eigenvalue weighted by atomic mass is 19.1. The summed E-state index contributed by atoms with van der Waals surface area (Å²) in [5, 5.41) is 10.0. The Bertz CT molecular complexity index is 651. The van der Waals surface area contributed by atoms with Crippen LogP contribution in [0.15, 0.2) is 34.9 Å². The van der Waals surface area contributed by atoms with Crippen molar-refractivity contribution in [3.63, 3.8) is 0 Å². The first-order chi connectivity index (χ1) is 10.7. The number of β-amino-alcohol motifs (C(OH)–C–C–N with tert-alkyl or cyclic N) is 1. The second kappa shape index (κ2) is 5.48. The molecule has 1 saturated carbocycles. The molecular weight excluding hydrogens is 283 g/mol. The first-order valence-electron chi connectivity index (χ1n) is 7.81. The van der Waals surface area contributed by atoms with Crippen molar-refractivity contribution in [2.24, 2.45) is 0 Å². The Balaban J connectivity index is 1.51. The van der Waals surface area contributed by atoms with Gasteiger partial charge in [-0.1, -0.05) is 12.1 Å². The van der Waals surface area contributed by atoms with Crippen LogP contribution in [0, 0.1) is 5.82 Å². The summed E-state index contributed by atoms with van der Waals surface area (Å²) in [6.07, 6.45) is 4.49. The van der Waals surface area contributed by atoms with Crippen molar-refractivity contribution in [2.75, 3.05) is 6.54 Å². The van der Waals surface area contributed by atoms with Gasteiger partial charge >= 0.3 is 0 Å². The average Bonchev–Trinajstić information content (AvgIpc) is 3.15. The summed E-state index contributed by atoms with van der Waals surface area (Å²) in [4.78, 5) is 6.51. The molecule has 2 heterocycles. The number of hydrogen-bond donors (Lipinski definition) is 1. The summed E-state index contributed by atoms with van der Waals surface area (Å²) < 4.78 is 18.9. The molecule has 116 valence electrons. The van der Waals surface area contributed by atoms with E-state index in [4.69, 9.17) is 4.42 Å². The van der Waals surface area contributed by atoms with Gasteiger partial charge in [-0.15, -0.1) is 0 Å². The fraction of sp³-hybridized carbons (Fsp3) is 0.471. The predicted molar refractivity (Wildman–Crippen MR) is 78.7 cm³/mol. The van der Waals surface area contributed by atoms with Gasteiger partial charge in [0.15, 0.2) is 0 Å². The maximum Gasteiger partial charge on any atom is 0.208 e. The van der Waals surface area contributed by atoms with Gasteiger partial charge in [0, 0.05) is 18.5 Å². The van der Waals surface area contributed by atoms with Crippen molar-refractivity contribution in [3.05, 3.63) is 53.5 Å². The highest BCUT2D eigenvalue weighted by Crippen LogP contribution is 2.40. The first-order valence-corrected chi connectivity index (χ1v) is 7.81. The number of nitrogens with zero attached hydrogens (tertiary/aromatic N) is 2. The molecule has 4 rings (SSSR count). The number of aromatic nitrogens is 1. The molecule has 0 radical (unpaired) electrons. The van der Waals surface area contributed by atoms with Gasteiger partial charge in [0.05, 0.1) is 18.8 Å². The molecule has 1 aromatic carbocycles. The largest absolute Gasteiger partial charge is 0.444 e. The lowest BCUT2D eigenvalue weighted by Gasteiger charge is -2.22. The summed E-state index contributed by atoms with van der Waals surface area (Å²) >= 11 is 0. The van der Waals surface area contributed by atoms with Crippen molar-refractivity contribution in [2.45, 2.75) is 43.9 Å². The molecule has 2 fully saturated rings. The highest BCUT2D eigenvalue weighted by Gasteiger charge is 2.33. The Morgan fingerprint density at radius 1 is 1.27 bits per heavy atom. The SMILES string of the molecule is O[C@H]1C[C@H](c2ccc(F)cc2)N(Cc2ncc(C3CC3)o2)C1. The number of likely N-dealkylation sites (tertiary alicyclic amines) is 1. The van der Waals surface area contributed by atoms with Crippen LogP contribution in [0.5, 0.6) is 0 Å². The third kappa shape index (κ3) is 2.78. The molecule has 22 heavy (non-hydrogen) atoms. The number of benzene rings is 1. The zero-order valence-corrected chi connectivity index (χ0v) is 12.3. The maximum atomic E-state index is 13.1. The van der Waals surface area contributed by atoms with E-state index in [2.05, 4.69) is 9.88 Å². The van der Waals surface area contributed by atoms with Crippen molar-refractivity contribution in [1.29, 1.82) is 0 Å². The number of aliphatic hydroxyl groups excluding tert-OH is 1. The lowest BCUT2D eigenvalue weighted by atomic mass is 10.0. The Morgan fingerprint density at radius 3 is 2.77 bits per heavy atom. The van der Waals surface area contributed by atoms with Crippen LogP contribution in [-0.4, -0.2) is 27.6 Å². The monoisotopic (exact) mass is 302 g/mol. The molecule has 1 saturated heterocycles. The maximum absolute atomic E-state index is 13.1. The lowest BCUT2D eigenvalue weighted by Crippen LogP contribution is -2.24. The summed E-state index contributed by atoms with van der Waals surface area (Å²) in [6.45, 7) is 1.16. The molecule has 2 atom stereocenters. The zero-order valence-electron chi connectivity index (χ0n) is 12.3. The van der Waals surface area contributed by atoms with Crippen LogP contribution in [-0.2, 0) is 6.54 Å². The predicted octanol–water partition coefficient (Wildman–Crippen LogP) is 3.00. The van der Waals surface area contributed by atoms with Gasteiger partial charge in [0.2, 0.25) is 5.89 Å². The second-order valence-corrected chi connectivity index (χ2v) is 6.32. The minimum Gasteiger partial charge on any atom is -0.444 e. The van der Waals surface area contributed by atoms with Gasteiger partial charge in [0.1, 0.15) is 11.6 Å². The molecule has 2 aliphatic rings. The zero-order chi connectivity index (χ0) is 15.1. The smallest absolute Gasteiger partial charge is 0.208 e. The molecule has 0 unspecified atom stereocenters. The van der Waals surface area contributed by atoms with Crippen LogP contribution in [0.1, 0.15) is 48.4 Å². The topological polar surface area (TPSA) is 49.5 Å². The molecule has 1 aliphatic carbocycles. The fourth-order valence-electron chi connectivity index (χ4n) is 3.21. The number of aliphatic hydroxyl groups is 1. The van der Waals surface area contributed by atoms with E-state index in [1.807, 2.05) is 6.20 Å². The number of halogens is 1. The molecule has 1 N–H and O–H groups in total. The molecule has 2 aromatic rings. The molecule has 5 heteroatoms. The van der Waals surface area contributed by atoms with E-state index in [0.717, 1.165) is 11.3 Å². The van der Waals surface area contributed by atoms with Gasteiger partial charge in [-0.2, -0.15) is 0 Å². The van der Waals surface area contributed by atoms with Crippen LogP contribution in [0.25, 0.3) is 0 Å². The van der Waals surface area contributed by atoms with Crippen LogP contribution < -0.4 is 0 Å². The van der Waals surface area contributed by atoms with Gasteiger partial charge < -0.3 is 9.52 Å². The average molecular weight is 302 g/mol. The van der Waals surface area contributed by atoms with Crippen molar-refractivity contribution < 1.29 is 13.9 Å². The van der Waals surface area contributed by atoms with Crippen LogP contribution >= 0.6 is 0 Å². The van der Waals surface area contributed by atoms with Crippen LogP contribution in [0.3, 0.4) is 0 Å². The quantitative estimate of drug-likeness (QED) is 0.943. The summed E-state index contributed by atoms with van der Waals surface area (Å²) in [5.41, 5.74) is 1.02. The number of hydrogen-bond acceptors (Lipinski definition) is 4. The molecule has 4 nitrogen and oxygen atoms in total. The Kier molecular flexibility index (Phi) is 3.47. The Labute approximate surface area is 128 Å². The van der Waals surface area contributed by atoms with E-state index in [0.29, 0.717) is 31.3 Å². The summed E-state index contributed by atoms with van der Waals surface area (Å²) in [6, 6.07) is 6.59. The lowest BCUT2D eigenvalue weighted by molar-refractivity contribution is 0.166. The van der Waals surface area contributed by atoms with Gasteiger partial charge in [-0.25, -0.2) is 9.37 Å². The highest BCUT2D eigenvalue weighted by molar-refractivity contribution is 5.21. The molecule has 1 aliphatic heterocycles. The van der Waals surface area contributed by atoms with Crippen LogP contribution in [0.2, 0.25) is 0 Å². The summed E-state index contributed by atoms with van der Waals surface area (Å²) in [7, 11) is 0. The van der Waals surface area contributed by atoms with Gasteiger partial charge in [0.25, 0.3) is 0 Å². The third-order valence-corrected chi connectivity index (χ3v) is 4.53. The normalized spacial score (nSPS) is 25.7. The van der Waals surface area contributed by atoms with Crippen molar-refractivity contribution in [3.8, 4) is 0 Å². The second-order valence-electron chi connectivity index (χ2n) is 6.32. The Morgan fingerprint density at radius 2 is 2.05 bits per heavy atom. The molecular formula is C17H19FN2O2. The molecule has 1 aromatic heterocycles. The third-order valence-electron chi connectivity index (χ3n) is 4.53. The van der Waals surface area contributed by atoms with E-state index in [9.17, 15) is 9.50 Å². The number of oxazole rings is 1. The summed E-state index contributed by atoms with van der Waals surface area (Å²) in [5.74, 6) is 1.99. The molecule has 0 amide bonds. The van der Waals surface area contributed by atoms with Gasteiger partial charge in [-0.05, 0) is 37.0 Å². The standard InChI is InChI=1S/C17H19FN2O2/c18-13-5-3-11(4-6-13)15-7-14(21)9-20(15)10-17-19-8-16(22-17)12-1-2-12/h3-6,8,12,14-15,21H,1-2,7,9-10H2/t14-,15+/m0/s1. The van der Waals surface area contributed by atoms with Gasteiger partial charge in [-0.3, -0.25) is 4.90 Å². The van der Waals surface area contributed by atoms with E-state index >= 15 is 0 Å². The molecule has 0 spiro atoms. The minimum atomic E-state index is -0.368. The first kappa shape index (κ1) is 13.9.